The van der Waals surface area contributed by atoms with Gasteiger partial charge < -0.3 is 24.1 Å². The number of halogens is 1. The van der Waals surface area contributed by atoms with Crippen molar-refractivity contribution in [1.29, 1.82) is 0 Å². The number of nitrogens with one attached hydrogen (secondary N) is 1. The van der Waals surface area contributed by atoms with Crippen LogP contribution in [0.15, 0.2) is 53.4 Å². The van der Waals surface area contributed by atoms with E-state index in [-0.39, 0.29) is 16.3 Å². The molecule has 34 heavy (non-hydrogen) atoms. The predicted octanol–water partition coefficient (Wildman–Crippen LogP) is 4.54. The third-order valence-corrected chi connectivity index (χ3v) is 6.19. The fraction of sp³-hybridized carbons (Fsp3) is 0.167. The smallest absolute Gasteiger partial charge is 0.262 e. The Morgan fingerprint density at radius 3 is 1.91 bits per heavy atom. The molecule has 0 aliphatic heterocycles. The second kappa shape index (κ2) is 10.3. The Kier molecular flexibility index (Phi) is 7.52. The van der Waals surface area contributed by atoms with Crippen LogP contribution in [0.2, 0.25) is 0 Å². The van der Waals surface area contributed by atoms with Crippen molar-refractivity contribution in [2.45, 2.75) is 4.90 Å². The molecular formula is C24H24FNO7S. The number of ether oxygens (including phenoxy) is 4. The van der Waals surface area contributed by atoms with Crippen molar-refractivity contribution in [2.75, 3.05) is 33.2 Å². The van der Waals surface area contributed by atoms with E-state index in [4.69, 9.17) is 18.9 Å². The molecule has 3 rings (SSSR count). The molecule has 0 saturated carbocycles. The molecular weight excluding hydrogens is 465 g/mol. The highest BCUT2D eigenvalue weighted by molar-refractivity contribution is 7.92. The maximum atomic E-state index is 13.5. The SMILES string of the molecule is COc1cc(/C=C\c2cc(OC)c(OC)c(OC)c2)cc(NS(=O)(=O)c2cccc(F)c2)c1O. The molecule has 0 spiro atoms. The molecule has 3 aromatic rings. The summed E-state index contributed by atoms with van der Waals surface area (Å²) in [6, 6.07) is 11.0. The molecule has 10 heteroatoms. The molecule has 0 radical (unpaired) electrons. The van der Waals surface area contributed by atoms with E-state index in [0.29, 0.717) is 28.4 Å². The largest absolute Gasteiger partial charge is 0.503 e. The first-order valence-electron chi connectivity index (χ1n) is 9.90. The van der Waals surface area contributed by atoms with Crippen molar-refractivity contribution in [1.82, 2.24) is 0 Å². The number of phenols is 1. The van der Waals surface area contributed by atoms with Crippen molar-refractivity contribution in [3.05, 3.63) is 65.5 Å². The molecule has 0 aliphatic rings. The Labute approximate surface area is 197 Å². The number of sulfonamides is 1. The summed E-state index contributed by atoms with van der Waals surface area (Å²) in [4.78, 5) is -0.288. The van der Waals surface area contributed by atoms with E-state index >= 15 is 0 Å². The lowest BCUT2D eigenvalue weighted by Gasteiger charge is -2.14. The molecule has 0 atom stereocenters. The summed E-state index contributed by atoms with van der Waals surface area (Å²) in [5, 5.41) is 10.5. The van der Waals surface area contributed by atoms with Gasteiger partial charge in [0.25, 0.3) is 10.0 Å². The summed E-state index contributed by atoms with van der Waals surface area (Å²) in [7, 11) is 1.69. The van der Waals surface area contributed by atoms with Crippen molar-refractivity contribution in [3.63, 3.8) is 0 Å². The van der Waals surface area contributed by atoms with Gasteiger partial charge in [0.1, 0.15) is 5.82 Å². The van der Waals surface area contributed by atoms with Crippen molar-refractivity contribution in [3.8, 4) is 28.7 Å². The van der Waals surface area contributed by atoms with Crippen LogP contribution in [0.1, 0.15) is 11.1 Å². The zero-order chi connectivity index (χ0) is 24.9. The van der Waals surface area contributed by atoms with Crippen LogP contribution in [0.25, 0.3) is 12.2 Å². The first-order chi connectivity index (χ1) is 16.2. The second-order valence-corrected chi connectivity index (χ2v) is 8.66. The molecule has 0 fully saturated rings. The molecule has 0 aliphatic carbocycles. The van der Waals surface area contributed by atoms with Gasteiger partial charge in [-0.15, -0.1) is 0 Å². The molecule has 180 valence electrons. The minimum atomic E-state index is -4.17. The Bertz CT molecular complexity index is 1300. The van der Waals surface area contributed by atoms with Crippen LogP contribution in [-0.4, -0.2) is 42.0 Å². The number of hydrogen-bond donors (Lipinski definition) is 2. The van der Waals surface area contributed by atoms with Gasteiger partial charge in [-0.05, 0) is 53.6 Å². The van der Waals surface area contributed by atoms with Crippen LogP contribution >= 0.6 is 0 Å². The lowest BCUT2D eigenvalue weighted by molar-refractivity contribution is 0.324. The molecule has 0 bridgehead atoms. The molecule has 0 aromatic heterocycles. The zero-order valence-electron chi connectivity index (χ0n) is 19.0. The highest BCUT2D eigenvalue weighted by atomic mass is 32.2. The van der Waals surface area contributed by atoms with Crippen molar-refractivity contribution >= 4 is 27.9 Å². The van der Waals surface area contributed by atoms with Gasteiger partial charge in [0, 0.05) is 0 Å². The lowest BCUT2D eigenvalue weighted by atomic mass is 10.1. The quantitative estimate of drug-likeness (QED) is 0.336. The predicted molar refractivity (Wildman–Crippen MR) is 127 cm³/mol. The average molecular weight is 490 g/mol. The van der Waals surface area contributed by atoms with E-state index in [1.807, 2.05) is 0 Å². The minimum absolute atomic E-state index is 0.0454. The third kappa shape index (κ3) is 5.34. The lowest BCUT2D eigenvalue weighted by Crippen LogP contribution is -2.13. The van der Waals surface area contributed by atoms with E-state index in [0.717, 1.165) is 12.1 Å². The van der Waals surface area contributed by atoms with Crippen LogP contribution in [0.5, 0.6) is 28.7 Å². The number of phenolic OH excluding ortho intramolecular Hbond substituents is 1. The van der Waals surface area contributed by atoms with E-state index in [9.17, 15) is 17.9 Å². The van der Waals surface area contributed by atoms with Gasteiger partial charge in [0.15, 0.2) is 23.0 Å². The molecule has 0 amide bonds. The monoisotopic (exact) mass is 489 g/mol. The third-order valence-electron chi connectivity index (χ3n) is 4.82. The van der Waals surface area contributed by atoms with Crippen LogP contribution < -0.4 is 23.7 Å². The van der Waals surface area contributed by atoms with Gasteiger partial charge in [-0.2, -0.15) is 0 Å². The number of anilines is 1. The van der Waals surface area contributed by atoms with Crippen molar-refractivity contribution < 1.29 is 36.9 Å². The van der Waals surface area contributed by atoms with Gasteiger partial charge in [-0.1, -0.05) is 18.2 Å². The molecule has 8 nitrogen and oxygen atoms in total. The van der Waals surface area contributed by atoms with Gasteiger partial charge in [-0.3, -0.25) is 4.72 Å². The summed E-state index contributed by atoms with van der Waals surface area (Å²) in [5.41, 5.74) is 1.09. The average Bonchev–Trinajstić information content (AvgIpc) is 2.83. The minimum Gasteiger partial charge on any atom is -0.503 e. The van der Waals surface area contributed by atoms with Gasteiger partial charge in [-0.25, -0.2) is 12.8 Å². The van der Waals surface area contributed by atoms with E-state index < -0.39 is 21.6 Å². The topological polar surface area (TPSA) is 103 Å². The Morgan fingerprint density at radius 1 is 0.824 bits per heavy atom. The zero-order valence-corrected chi connectivity index (χ0v) is 19.8. The Hall–Kier alpha value is -3.92. The highest BCUT2D eigenvalue weighted by Gasteiger charge is 2.19. The van der Waals surface area contributed by atoms with Gasteiger partial charge >= 0.3 is 0 Å². The molecule has 0 heterocycles. The standard InChI is InChI=1S/C24H24FNO7S/c1-30-20-11-15(8-9-16-12-21(31-2)24(33-4)22(13-16)32-3)10-19(23(20)27)26-34(28,29)18-7-5-6-17(25)14-18/h5-14,26-27H,1-4H3/b9-8-. The normalized spacial score (nSPS) is 11.3. The van der Waals surface area contributed by atoms with E-state index in [1.165, 1.54) is 52.7 Å². The van der Waals surface area contributed by atoms with Crippen LogP contribution in [0, 0.1) is 5.82 Å². The fourth-order valence-electron chi connectivity index (χ4n) is 3.19. The maximum Gasteiger partial charge on any atom is 0.262 e. The Balaban J connectivity index is 2.00. The number of benzene rings is 3. The molecule has 0 saturated heterocycles. The highest BCUT2D eigenvalue weighted by Crippen LogP contribution is 2.40. The fourth-order valence-corrected chi connectivity index (χ4v) is 4.28. The second-order valence-electron chi connectivity index (χ2n) is 6.97. The molecule has 2 N–H and O–H groups in total. The van der Waals surface area contributed by atoms with Gasteiger partial charge in [0.05, 0.1) is 39.0 Å². The first kappa shape index (κ1) is 24.7. The summed E-state index contributed by atoms with van der Waals surface area (Å²) < 4.78 is 62.4. The number of methoxy groups -OCH3 is 4. The number of hydrogen-bond acceptors (Lipinski definition) is 7. The summed E-state index contributed by atoms with van der Waals surface area (Å²) >= 11 is 0. The van der Waals surface area contributed by atoms with Gasteiger partial charge in [0.2, 0.25) is 5.75 Å². The summed E-state index contributed by atoms with van der Waals surface area (Å²) in [5.74, 6) is 0.312. The first-order valence-corrected chi connectivity index (χ1v) is 11.4. The van der Waals surface area contributed by atoms with Crippen LogP contribution in [0.4, 0.5) is 10.1 Å². The number of rotatable bonds is 9. The molecule has 0 unspecified atom stereocenters. The van der Waals surface area contributed by atoms with Crippen LogP contribution in [0.3, 0.4) is 0 Å². The van der Waals surface area contributed by atoms with Crippen molar-refractivity contribution in [2.24, 2.45) is 0 Å². The summed E-state index contributed by atoms with van der Waals surface area (Å²) in [6.45, 7) is 0. The van der Waals surface area contributed by atoms with Crippen LogP contribution in [-0.2, 0) is 10.0 Å². The Morgan fingerprint density at radius 2 is 1.38 bits per heavy atom. The van der Waals surface area contributed by atoms with E-state index in [1.54, 1.807) is 24.3 Å². The summed E-state index contributed by atoms with van der Waals surface area (Å²) in [6.07, 6.45) is 3.42. The number of aromatic hydroxyl groups is 1. The van der Waals surface area contributed by atoms with E-state index in [2.05, 4.69) is 4.72 Å². The molecule has 3 aromatic carbocycles. The maximum absolute atomic E-state index is 13.5.